The predicted molar refractivity (Wildman–Crippen MR) is 59.5 cm³/mol. The van der Waals surface area contributed by atoms with Crippen LogP contribution in [0.5, 0.6) is 0 Å². The van der Waals surface area contributed by atoms with E-state index in [1.165, 1.54) is 0 Å². The van der Waals surface area contributed by atoms with Crippen molar-refractivity contribution in [3.05, 3.63) is 0 Å². The minimum absolute atomic E-state index is 0.00911. The number of carbonyl (C=O) groups excluding carboxylic acids is 1. The first-order valence-electron chi connectivity index (χ1n) is 5.85. The highest BCUT2D eigenvalue weighted by molar-refractivity contribution is 5.76. The average Bonchev–Trinajstić information content (AvgIpc) is 2.19. The molecule has 0 aromatic rings. The molecule has 0 aromatic carbocycles. The van der Waals surface area contributed by atoms with Crippen molar-refractivity contribution in [3.8, 4) is 0 Å². The maximum Gasteiger partial charge on any atom is 0.221 e. The lowest BCUT2D eigenvalue weighted by Gasteiger charge is -2.23. The van der Waals surface area contributed by atoms with E-state index in [2.05, 4.69) is 12.2 Å². The third-order valence-corrected chi connectivity index (χ3v) is 2.69. The lowest BCUT2D eigenvalue weighted by molar-refractivity contribution is -0.122. The molecule has 1 unspecified atom stereocenters. The van der Waals surface area contributed by atoms with Crippen molar-refractivity contribution in [1.82, 2.24) is 5.32 Å². The van der Waals surface area contributed by atoms with E-state index in [-0.39, 0.29) is 11.9 Å². The van der Waals surface area contributed by atoms with Gasteiger partial charge in [-0.1, -0.05) is 13.3 Å². The first-order valence-corrected chi connectivity index (χ1v) is 5.85. The van der Waals surface area contributed by atoms with E-state index in [0.717, 1.165) is 38.9 Å². The number of hydrogen-bond acceptors (Lipinski definition) is 3. The van der Waals surface area contributed by atoms with Crippen molar-refractivity contribution in [3.63, 3.8) is 0 Å². The van der Waals surface area contributed by atoms with Crippen LogP contribution in [0, 0.1) is 0 Å². The molecule has 0 bridgehead atoms. The molecule has 4 heteroatoms. The summed E-state index contributed by atoms with van der Waals surface area (Å²) in [6, 6.07) is 0.301. The second-order valence-electron chi connectivity index (χ2n) is 4.21. The van der Waals surface area contributed by atoms with Gasteiger partial charge in [-0.3, -0.25) is 4.79 Å². The Bertz CT molecular complexity index is 191. The molecule has 1 aliphatic rings. The Morgan fingerprint density at radius 3 is 2.80 bits per heavy atom. The first kappa shape index (κ1) is 12.5. The summed E-state index contributed by atoms with van der Waals surface area (Å²) in [6.45, 7) is 3.59. The van der Waals surface area contributed by atoms with E-state index in [0.29, 0.717) is 12.5 Å². The van der Waals surface area contributed by atoms with E-state index in [1.807, 2.05) is 0 Å². The number of rotatable bonds is 5. The zero-order chi connectivity index (χ0) is 11.1. The van der Waals surface area contributed by atoms with Crippen LogP contribution < -0.4 is 11.1 Å². The van der Waals surface area contributed by atoms with Crippen molar-refractivity contribution < 1.29 is 9.53 Å². The fraction of sp³-hybridized carbons (Fsp3) is 0.909. The highest BCUT2D eigenvalue weighted by Crippen LogP contribution is 2.07. The van der Waals surface area contributed by atoms with Crippen molar-refractivity contribution in [2.24, 2.45) is 5.73 Å². The first-order chi connectivity index (χ1) is 7.22. The molecule has 0 aromatic heterocycles. The van der Waals surface area contributed by atoms with Crippen LogP contribution in [0.1, 0.15) is 39.0 Å². The van der Waals surface area contributed by atoms with Gasteiger partial charge in [0.25, 0.3) is 0 Å². The van der Waals surface area contributed by atoms with Crippen LogP contribution in [0.2, 0.25) is 0 Å². The molecule has 0 radical (unpaired) electrons. The topological polar surface area (TPSA) is 64.4 Å². The third kappa shape index (κ3) is 5.14. The third-order valence-electron chi connectivity index (χ3n) is 2.69. The maximum atomic E-state index is 11.6. The van der Waals surface area contributed by atoms with Crippen LogP contribution in [0.4, 0.5) is 0 Å². The molecule has 1 rings (SSSR count). The van der Waals surface area contributed by atoms with E-state index >= 15 is 0 Å². The van der Waals surface area contributed by atoms with Gasteiger partial charge < -0.3 is 15.8 Å². The summed E-state index contributed by atoms with van der Waals surface area (Å²) in [5, 5.41) is 3.01. The summed E-state index contributed by atoms with van der Waals surface area (Å²) in [6.07, 6.45) is 4.25. The second kappa shape index (κ2) is 6.80. The van der Waals surface area contributed by atoms with Gasteiger partial charge >= 0.3 is 0 Å². The quantitative estimate of drug-likeness (QED) is 0.711. The molecule has 88 valence electrons. The van der Waals surface area contributed by atoms with E-state index in [4.69, 9.17) is 10.5 Å². The van der Waals surface area contributed by atoms with E-state index in [1.54, 1.807) is 0 Å². The molecule has 1 saturated heterocycles. The molecule has 1 atom stereocenters. The molecular weight excluding hydrogens is 192 g/mol. The SMILES string of the molecule is CCCC(N)CC(=O)NC1CCOCC1. The number of carbonyl (C=O) groups is 1. The maximum absolute atomic E-state index is 11.6. The van der Waals surface area contributed by atoms with Crippen LogP contribution in [-0.2, 0) is 9.53 Å². The zero-order valence-corrected chi connectivity index (χ0v) is 9.50. The van der Waals surface area contributed by atoms with Gasteiger partial charge in [0.2, 0.25) is 5.91 Å². The zero-order valence-electron chi connectivity index (χ0n) is 9.50. The fourth-order valence-electron chi connectivity index (χ4n) is 1.84. The molecule has 15 heavy (non-hydrogen) atoms. The molecule has 0 aliphatic carbocycles. The average molecular weight is 214 g/mol. The van der Waals surface area contributed by atoms with Crippen molar-refractivity contribution in [2.45, 2.75) is 51.1 Å². The van der Waals surface area contributed by atoms with E-state index in [9.17, 15) is 4.79 Å². The van der Waals surface area contributed by atoms with Crippen LogP contribution in [0.25, 0.3) is 0 Å². The van der Waals surface area contributed by atoms with E-state index < -0.39 is 0 Å². The summed E-state index contributed by atoms with van der Waals surface area (Å²) >= 11 is 0. The Morgan fingerprint density at radius 1 is 1.53 bits per heavy atom. The van der Waals surface area contributed by atoms with Crippen LogP contribution >= 0.6 is 0 Å². The summed E-state index contributed by atoms with van der Waals surface area (Å²) in [7, 11) is 0. The lowest BCUT2D eigenvalue weighted by atomic mass is 10.1. The molecule has 4 nitrogen and oxygen atoms in total. The highest BCUT2D eigenvalue weighted by atomic mass is 16.5. The van der Waals surface area contributed by atoms with Crippen LogP contribution in [0.3, 0.4) is 0 Å². The minimum atomic E-state index is 0.00911. The minimum Gasteiger partial charge on any atom is -0.381 e. The molecule has 1 fully saturated rings. The summed E-state index contributed by atoms with van der Waals surface area (Å²) in [4.78, 5) is 11.6. The van der Waals surface area contributed by atoms with Gasteiger partial charge in [0, 0.05) is 31.7 Å². The predicted octanol–water partition coefficient (Wildman–Crippen LogP) is 0.799. The van der Waals surface area contributed by atoms with Crippen LogP contribution in [0.15, 0.2) is 0 Å². The number of amides is 1. The van der Waals surface area contributed by atoms with Crippen molar-refractivity contribution >= 4 is 5.91 Å². The molecule has 1 heterocycles. The number of ether oxygens (including phenoxy) is 1. The van der Waals surface area contributed by atoms with Gasteiger partial charge in [0.15, 0.2) is 0 Å². The molecule has 1 aliphatic heterocycles. The van der Waals surface area contributed by atoms with Gasteiger partial charge in [0.05, 0.1) is 0 Å². The summed E-state index contributed by atoms with van der Waals surface area (Å²) in [5.74, 6) is 0.0860. The summed E-state index contributed by atoms with van der Waals surface area (Å²) in [5.41, 5.74) is 5.80. The Morgan fingerprint density at radius 2 is 2.20 bits per heavy atom. The van der Waals surface area contributed by atoms with Gasteiger partial charge in [-0.15, -0.1) is 0 Å². The fourth-order valence-corrected chi connectivity index (χ4v) is 1.84. The molecule has 0 saturated carbocycles. The Labute approximate surface area is 91.5 Å². The number of nitrogens with one attached hydrogen (secondary N) is 1. The summed E-state index contributed by atoms with van der Waals surface area (Å²) < 4.78 is 5.22. The van der Waals surface area contributed by atoms with Crippen molar-refractivity contribution in [1.29, 1.82) is 0 Å². The van der Waals surface area contributed by atoms with Gasteiger partial charge in [-0.05, 0) is 19.3 Å². The second-order valence-corrected chi connectivity index (χ2v) is 4.21. The highest BCUT2D eigenvalue weighted by Gasteiger charge is 2.17. The lowest BCUT2D eigenvalue weighted by Crippen LogP contribution is -2.41. The normalized spacial score (nSPS) is 19.9. The van der Waals surface area contributed by atoms with Crippen molar-refractivity contribution in [2.75, 3.05) is 13.2 Å². The van der Waals surface area contributed by atoms with Gasteiger partial charge in [-0.2, -0.15) is 0 Å². The Balaban J connectivity index is 2.16. The number of hydrogen-bond donors (Lipinski definition) is 2. The molecular formula is C11H22N2O2. The Kier molecular flexibility index (Phi) is 5.65. The molecule has 0 spiro atoms. The van der Waals surface area contributed by atoms with Gasteiger partial charge in [0.1, 0.15) is 0 Å². The smallest absolute Gasteiger partial charge is 0.221 e. The molecule has 3 N–H and O–H groups in total. The van der Waals surface area contributed by atoms with Gasteiger partial charge in [-0.25, -0.2) is 0 Å². The standard InChI is InChI=1S/C11H22N2O2/c1-2-3-9(12)8-11(14)13-10-4-6-15-7-5-10/h9-10H,2-8,12H2,1H3,(H,13,14). The molecule has 1 amide bonds. The largest absolute Gasteiger partial charge is 0.381 e. The van der Waals surface area contributed by atoms with Crippen LogP contribution in [-0.4, -0.2) is 31.2 Å². The Hall–Kier alpha value is -0.610. The monoisotopic (exact) mass is 214 g/mol. The number of nitrogens with two attached hydrogens (primary N) is 1.